The largest absolute Gasteiger partial charge is 0.459 e. The molecule has 3 aromatic rings. The summed E-state index contributed by atoms with van der Waals surface area (Å²) in [7, 11) is -3.47. The lowest BCUT2D eigenvalue weighted by molar-refractivity contribution is 0.0678. The van der Waals surface area contributed by atoms with Crippen LogP contribution in [0.15, 0.2) is 76.4 Å². The van der Waals surface area contributed by atoms with E-state index >= 15 is 0 Å². The molecule has 1 amide bonds. The van der Waals surface area contributed by atoms with Crippen LogP contribution in [0.1, 0.15) is 39.7 Å². The molecular weight excluding hydrogens is 402 g/mol. The lowest BCUT2D eigenvalue weighted by Crippen LogP contribution is -2.27. The summed E-state index contributed by atoms with van der Waals surface area (Å²) in [5.41, 5.74) is 3.70. The maximum atomic E-state index is 13.1. The van der Waals surface area contributed by atoms with E-state index in [9.17, 15) is 13.2 Å². The number of hydrogen-bond acceptors (Lipinski definition) is 5. The lowest BCUT2D eigenvalue weighted by Gasteiger charge is -2.22. The Hall–Kier alpha value is -3.39. The van der Waals surface area contributed by atoms with Crippen LogP contribution in [-0.2, 0) is 10.0 Å². The van der Waals surface area contributed by atoms with Gasteiger partial charge in [-0.15, -0.1) is 0 Å². The van der Waals surface area contributed by atoms with Crippen LogP contribution < -0.4 is 4.72 Å². The second-order valence-electron chi connectivity index (χ2n) is 7.17. The average Bonchev–Trinajstić information content (AvgIpc) is 3.37. The fourth-order valence-corrected chi connectivity index (χ4v) is 4.18. The zero-order chi connectivity index (χ0) is 21.3. The molecule has 30 heavy (non-hydrogen) atoms. The first-order valence-electron chi connectivity index (χ1n) is 9.41. The summed E-state index contributed by atoms with van der Waals surface area (Å²) in [4.78, 5) is 13.1. The number of nitrogens with one attached hydrogen (secondary N) is 1. The number of hydrazone groups is 1. The van der Waals surface area contributed by atoms with Gasteiger partial charge in [0.15, 0.2) is 5.76 Å². The molecule has 0 unspecified atom stereocenters. The van der Waals surface area contributed by atoms with Crippen molar-refractivity contribution in [1.29, 1.82) is 0 Å². The number of sulfonamides is 1. The summed E-state index contributed by atoms with van der Waals surface area (Å²) in [6.45, 7) is 1.99. The Kier molecular flexibility index (Phi) is 5.17. The first-order valence-corrected chi connectivity index (χ1v) is 11.3. The molecule has 0 saturated carbocycles. The summed E-state index contributed by atoms with van der Waals surface area (Å²) in [6.07, 6.45) is 2.99. The molecule has 0 aliphatic carbocycles. The van der Waals surface area contributed by atoms with Crippen molar-refractivity contribution in [2.24, 2.45) is 5.10 Å². The van der Waals surface area contributed by atoms with Gasteiger partial charge in [0.25, 0.3) is 0 Å². The topological polar surface area (TPSA) is 92.0 Å². The quantitative estimate of drug-likeness (QED) is 0.673. The summed E-state index contributed by atoms with van der Waals surface area (Å²) >= 11 is 0. The van der Waals surface area contributed by atoms with Crippen molar-refractivity contribution in [2.75, 3.05) is 11.0 Å². The van der Waals surface area contributed by atoms with Crippen LogP contribution in [0.25, 0.3) is 0 Å². The highest BCUT2D eigenvalue weighted by Crippen LogP contribution is 2.36. The van der Waals surface area contributed by atoms with Gasteiger partial charge >= 0.3 is 5.91 Å². The van der Waals surface area contributed by atoms with Crippen LogP contribution >= 0.6 is 0 Å². The minimum atomic E-state index is -3.47. The number of amides is 1. The molecule has 0 saturated heterocycles. The van der Waals surface area contributed by atoms with Crippen LogP contribution in [0.3, 0.4) is 0 Å². The van der Waals surface area contributed by atoms with Crippen LogP contribution in [0, 0.1) is 6.92 Å². The van der Waals surface area contributed by atoms with Crippen molar-refractivity contribution >= 4 is 27.3 Å². The number of nitrogens with zero attached hydrogens (tertiary/aromatic N) is 2. The summed E-state index contributed by atoms with van der Waals surface area (Å²) in [6, 6.07) is 17.8. The van der Waals surface area contributed by atoms with Gasteiger partial charge in [-0.1, -0.05) is 42.5 Å². The molecule has 1 aliphatic heterocycles. The summed E-state index contributed by atoms with van der Waals surface area (Å²) in [5, 5.41) is 6.03. The summed E-state index contributed by atoms with van der Waals surface area (Å²) in [5.74, 6) is -0.155. The molecule has 0 bridgehead atoms. The molecule has 1 aromatic heterocycles. The zero-order valence-corrected chi connectivity index (χ0v) is 17.4. The Morgan fingerprint density at radius 1 is 1.10 bits per heavy atom. The SMILES string of the molecule is Cc1ccccc1[C@@H]1CC(c2ccccc2NS(C)(=O)=O)=NN1C(=O)c1ccco1. The number of para-hydroxylation sites is 1. The number of carbonyl (C=O) groups excluding carboxylic acids is 1. The Balaban J connectivity index is 1.78. The van der Waals surface area contributed by atoms with Crippen LogP contribution in [0.2, 0.25) is 0 Å². The highest BCUT2D eigenvalue weighted by atomic mass is 32.2. The van der Waals surface area contributed by atoms with E-state index in [1.807, 2.05) is 37.3 Å². The maximum Gasteiger partial charge on any atom is 0.310 e. The van der Waals surface area contributed by atoms with Gasteiger partial charge in [0.05, 0.1) is 30.0 Å². The molecule has 1 aliphatic rings. The van der Waals surface area contributed by atoms with E-state index in [1.165, 1.54) is 11.3 Å². The van der Waals surface area contributed by atoms with Crippen molar-refractivity contribution < 1.29 is 17.6 Å². The van der Waals surface area contributed by atoms with Crippen LogP contribution in [0.5, 0.6) is 0 Å². The van der Waals surface area contributed by atoms with Crippen molar-refractivity contribution in [3.63, 3.8) is 0 Å². The molecule has 1 atom stereocenters. The van der Waals surface area contributed by atoms with Gasteiger partial charge < -0.3 is 4.42 Å². The Morgan fingerprint density at radius 2 is 1.83 bits per heavy atom. The zero-order valence-electron chi connectivity index (χ0n) is 16.6. The van der Waals surface area contributed by atoms with Gasteiger partial charge in [-0.3, -0.25) is 9.52 Å². The van der Waals surface area contributed by atoms with Gasteiger partial charge in [0, 0.05) is 12.0 Å². The van der Waals surface area contributed by atoms with E-state index in [2.05, 4.69) is 9.82 Å². The standard InChI is InChI=1S/C22H21N3O4S/c1-15-8-3-4-9-16(15)20-14-19(23-25(20)22(26)21-12-7-13-29-21)17-10-5-6-11-18(17)24-30(2,27)28/h3-13,20,24H,14H2,1-2H3/t20-/m0/s1. The number of aryl methyl sites for hydroxylation is 1. The Bertz CT molecular complexity index is 1220. The second-order valence-corrected chi connectivity index (χ2v) is 8.92. The van der Waals surface area contributed by atoms with Gasteiger partial charge in [-0.2, -0.15) is 5.10 Å². The smallest absolute Gasteiger partial charge is 0.310 e. The van der Waals surface area contributed by atoms with E-state index in [1.54, 1.807) is 30.3 Å². The fraction of sp³-hybridized carbons (Fsp3) is 0.182. The minimum absolute atomic E-state index is 0.195. The minimum Gasteiger partial charge on any atom is -0.459 e. The molecule has 1 N–H and O–H groups in total. The third-order valence-corrected chi connectivity index (χ3v) is 5.52. The van der Waals surface area contributed by atoms with Crippen LogP contribution in [-0.4, -0.2) is 31.3 Å². The van der Waals surface area contributed by atoms with Gasteiger partial charge in [0.1, 0.15) is 0 Å². The first-order chi connectivity index (χ1) is 14.3. The fourth-order valence-electron chi connectivity index (χ4n) is 3.60. The molecule has 4 rings (SSSR count). The number of rotatable bonds is 5. The third kappa shape index (κ3) is 3.99. The Labute approximate surface area is 175 Å². The molecule has 2 heterocycles. The molecule has 0 spiro atoms. The molecule has 0 radical (unpaired) electrons. The Morgan fingerprint density at radius 3 is 2.53 bits per heavy atom. The molecule has 7 nitrogen and oxygen atoms in total. The van der Waals surface area contributed by atoms with Crippen molar-refractivity contribution in [1.82, 2.24) is 5.01 Å². The highest BCUT2D eigenvalue weighted by molar-refractivity contribution is 7.92. The van der Waals surface area contributed by atoms with E-state index in [0.717, 1.165) is 17.4 Å². The van der Waals surface area contributed by atoms with Gasteiger partial charge in [-0.05, 0) is 36.2 Å². The molecule has 2 aromatic carbocycles. The number of furan rings is 1. The lowest BCUT2D eigenvalue weighted by atomic mass is 9.94. The normalized spacial score (nSPS) is 16.4. The predicted molar refractivity (Wildman–Crippen MR) is 115 cm³/mol. The predicted octanol–water partition coefficient (Wildman–Crippen LogP) is 3.95. The van der Waals surface area contributed by atoms with E-state index in [0.29, 0.717) is 23.4 Å². The molecule has 0 fully saturated rings. The average molecular weight is 423 g/mol. The maximum absolute atomic E-state index is 13.1. The number of carbonyl (C=O) groups is 1. The highest BCUT2D eigenvalue weighted by Gasteiger charge is 2.36. The van der Waals surface area contributed by atoms with Crippen molar-refractivity contribution in [3.05, 3.63) is 89.4 Å². The third-order valence-electron chi connectivity index (χ3n) is 4.93. The molecule has 8 heteroatoms. The molecule has 154 valence electrons. The number of hydrogen-bond donors (Lipinski definition) is 1. The molecular formula is C22H21N3O4S. The first kappa shape index (κ1) is 19.9. The second kappa shape index (κ2) is 7.79. The summed E-state index contributed by atoms with van der Waals surface area (Å²) < 4.78 is 31.4. The van der Waals surface area contributed by atoms with Gasteiger partial charge in [0.2, 0.25) is 10.0 Å². The van der Waals surface area contributed by atoms with E-state index in [4.69, 9.17) is 4.42 Å². The number of benzene rings is 2. The van der Waals surface area contributed by atoms with E-state index in [-0.39, 0.29) is 17.7 Å². The van der Waals surface area contributed by atoms with E-state index < -0.39 is 10.0 Å². The van der Waals surface area contributed by atoms with Gasteiger partial charge in [-0.25, -0.2) is 13.4 Å². The van der Waals surface area contributed by atoms with Crippen LogP contribution in [0.4, 0.5) is 5.69 Å². The van der Waals surface area contributed by atoms with Crippen molar-refractivity contribution in [3.8, 4) is 0 Å². The van der Waals surface area contributed by atoms with Crippen molar-refractivity contribution in [2.45, 2.75) is 19.4 Å². The monoisotopic (exact) mass is 423 g/mol. The number of anilines is 1.